The van der Waals surface area contributed by atoms with Crippen LogP contribution >= 0.6 is 11.3 Å². The molecule has 1 saturated carbocycles. The van der Waals surface area contributed by atoms with E-state index < -0.39 is 35.0 Å². The molecule has 1 aromatic carbocycles. The third-order valence-corrected chi connectivity index (χ3v) is 10.2. The third-order valence-electron chi connectivity index (χ3n) is 9.39. The standard InChI is InChI=1S/C37H49N5O7S/c1-9-22-17-37(22,34(45)47-8)18-30(43)29-15-24(19-42(29)33(44)32(38)36(4,5)6)49-31-16-27(28-20-50-35(41-28)39-21(2)3)40-26-14-23(10-11-25(26)31)48-13-12-46-7/h9-11,14,16,20-22,24,29,32H,1,12-13,15,17-19,38H2,2-8H3,(H,39,41)/t22-,24-,29+,32-,37-/m1/s1. The van der Waals surface area contributed by atoms with Gasteiger partial charge in [0.2, 0.25) is 5.91 Å². The minimum atomic E-state index is -0.969. The monoisotopic (exact) mass is 707 g/mol. The number of rotatable bonds is 15. The Balaban J connectivity index is 1.49. The van der Waals surface area contributed by atoms with Crippen LogP contribution in [0.25, 0.3) is 22.3 Å². The summed E-state index contributed by atoms with van der Waals surface area (Å²) in [7, 11) is 2.94. The van der Waals surface area contributed by atoms with E-state index in [0.717, 1.165) is 10.5 Å². The smallest absolute Gasteiger partial charge is 0.312 e. The van der Waals surface area contributed by atoms with Crippen molar-refractivity contribution in [2.75, 3.05) is 39.3 Å². The number of anilines is 1. The predicted molar refractivity (Wildman–Crippen MR) is 193 cm³/mol. The van der Waals surface area contributed by atoms with Crippen molar-refractivity contribution >= 4 is 45.0 Å². The van der Waals surface area contributed by atoms with E-state index in [2.05, 4.69) is 11.9 Å². The van der Waals surface area contributed by atoms with Crippen molar-refractivity contribution in [3.05, 3.63) is 42.3 Å². The lowest BCUT2D eigenvalue weighted by Crippen LogP contribution is -2.53. The molecule has 5 rings (SSSR count). The summed E-state index contributed by atoms with van der Waals surface area (Å²) >= 11 is 1.49. The zero-order valence-electron chi connectivity index (χ0n) is 30.0. The summed E-state index contributed by atoms with van der Waals surface area (Å²) in [6.07, 6.45) is 1.78. The zero-order valence-corrected chi connectivity index (χ0v) is 30.8. The Kier molecular flexibility index (Phi) is 11.2. The van der Waals surface area contributed by atoms with E-state index in [-0.39, 0.29) is 43.0 Å². The molecule has 0 radical (unpaired) electrons. The van der Waals surface area contributed by atoms with E-state index in [1.54, 1.807) is 13.2 Å². The second-order valence-electron chi connectivity index (χ2n) is 14.5. The number of allylic oxidation sites excluding steroid dienone is 1. The van der Waals surface area contributed by atoms with Crippen molar-refractivity contribution in [1.82, 2.24) is 14.9 Å². The highest BCUT2D eigenvalue weighted by molar-refractivity contribution is 7.14. The van der Waals surface area contributed by atoms with E-state index in [1.165, 1.54) is 23.3 Å². The molecule has 1 aliphatic heterocycles. The lowest BCUT2D eigenvalue weighted by atomic mass is 9.86. The molecule has 2 aliphatic rings. The van der Waals surface area contributed by atoms with Gasteiger partial charge in [-0.15, -0.1) is 17.9 Å². The maximum Gasteiger partial charge on any atom is 0.312 e. The number of amides is 1. The number of fused-ring (bicyclic) bond motifs is 1. The van der Waals surface area contributed by atoms with Gasteiger partial charge in [0, 0.05) is 48.9 Å². The Morgan fingerprint density at radius 1 is 1.16 bits per heavy atom. The minimum Gasteiger partial charge on any atom is -0.491 e. The predicted octanol–water partition coefficient (Wildman–Crippen LogP) is 5.25. The van der Waals surface area contributed by atoms with Crippen LogP contribution in [-0.4, -0.2) is 90.7 Å². The van der Waals surface area contributed by atoms with Crippen LogP contribution in [0.15, 0.2) is 42.3 Å². The van der Waals surface area contributed by atoms with Gasteiger partial charge in [-0.2, -0.15) is 0 Å². The normalized spacial score (nSPS) is 22.3. The van der Waals surface area contributed by atoms with Gasteiger partial charge in [-0.3, -0.25) is 14.4 Å². The van der Waals surface area contributed by atoms with E-state index in [1.807, 2.05) is 64.3 Å². The number of nitrogens with one attached hydrogen (secondary N) is 1. The van der Waals surface area contributed by atoms with Crippen molar-refractivity contribution < 1.29 is 33.3 Å². The number of carbonyl (C=O) groups excluding carboxylic acids is 3. The Morgan fingerprint density at radius 2 is 1.92 bits per heavy atom. The van der Waals surface area contributed by atoms with Gasteiger partial charge in [-0.05, 0) is 43.7 Å². The molecule has 270 valence electrons. The second-order valence-corrected chi connectivity index (χ2v) is 15.4. The maximum atomic E-state index is 14.1. The molecule has 0 unspecified atom stereocenters. The van der Waals surface area contributed by atoms with Crippen LogP contribution in [0.2, 0.25) is 0 Å². The largest absolute Gasteiger partial charge is 0.491 e. The van der Waals surface area contributed by atoms with Crippen molar-refractivity contribution in [3.63, 3.8) is 0 Å². The number of thiazole rings is 1. The summed E-state index contributed by atoms with van der Waals surface area (Å²) in [5.74, 6) is -0.0175. The van der Waals surface area contributed by atoms with Crippen LogP contribution in [0.5, 0.6) is 11.5 Å². The molecule has 1 saturated heterocycles. The molecule has 5 atom stereocenters. The summed E-state index contributed by atoms with van der Waals surface area (Å²) in [5, 5.41) is 6.78. The molecule has 13 heteroatoms. The molecular formula is C37H49N5O7S. The van der Waals surface area contributed by atoms with Crippen molar-refractivity contribution in [3.8, 4) is 22.9 Å². The molecule has 1 amide bonds. The van der Waals surface area contributed by atoms with E-state index in [9.17, 15) is 14.4 Å². The molecule has 3 N–H and O–H groups in total. The average Bonchev–Trinajstić information content (AvgIpc) is 3.35. The molecule has 0 bridgehead atoms. The second kappa shape index (κ2) is 15.0. The number of nitrogens with zero attached hydrogens (tertiary/aromatic N) is 3. The van der Waals surface area contributed by atoms with Gasteiger partial charge < -0.3 is 34.9 Å². The highest BCUT2D eigenvalue weighted by Gasteiger charge is 2.61. The molecule has 12 nitrogen and oxygen atoms in total. The number of ketones is 1. The first-order valence-electron chi connectivity index (χ1n) is 17.0. The molecule has 0 spiro atoms. The van der Waals surface area contributed by atoms with Gasteiger partial charge in [-0.1, -0.05) is 26.8 Å². The fourth-order valence-corrected chi connectivity index (χ4v) is 7.24. The summed E-state index contributed by atoms with van der Waals surface area (Å²) in [6.45, 7) is 14.6. The van der Waals surface area contributed by atoms with Crippen LogP contribution in [-0.2, 0) is 23.9 Å². The first-order chi connectivity index (χ1) is 23.7. The molecule has 2 fully saturated rings. The third kappa shape index (κ3) is 7.95. The van der Waals surface area contributed by atoms with Crippen molar-refractivity contribution in [2.45, 2.75) is 78.1 Å². The van der Waals surface area contributed by atoms with Crippen molar-refractivity contribution in [2.24, 2.45) is 22.5 Å². The van der Waals surface area contributed by atoms with Crippen LogP contribution in [0.3, 0.4) is 0 Å². The fraction of sp³-hybridized carbons (Fsp3) is 0.541. The Bertz CT molecular complexity index is 1740. The SMILES string of the molecule is C=C[C@@H]1C[C@]1(CC(=O)[C@@H]1C[C@@H](Oc2cc(-c3csc(NC(C)C)n3)nc3cc(OCCOC)ccc23)CN1C(=O)[C@@H](N)C(C)(C)C)C(=O)OC. The van der Waals surface area contributed by atoms with Gasteiger partial charge >= 0.3 is 5.97 Å². The Hall–Kier alpha value is -4.07. The number of Topliss-reactive ketones (excluding diaryl/α,β-unsaturated/α-hetero) is 1. The van der Waals surface area contributed by atoms with Crippen molar-refractivity contribution in [1.29, 1.82) is 0 Å². The van der Waals surface area contributed by atoms with Gasteiger partial charge in [0.25, 0.3) is 0 Å². The topological polar surface area (TPSA) is 155 Å². The number of pyridine rings is 1. The number of nitrogens with two attached hydrogens (primary N) is 1. The Labute approximate surface area is 297 Å². The number of aromatic nitrogens is 2. The summed E-state index contributed by atoms with van der Waals surface area (Å²) in [6, 6.07) is 5.95. The Morgan fingerprint density at radius 3 is 2.56 bits per heavy atom. The van der Waals surface area contributed by atoms with Crippen LogP contribution < -0.4 is 20.5 Å². The molecule has 2 aromatic heterocycles. The lowest BCUT2D eigenvalue weighted by molar-refractivity contribution is -0.150. The number of hydrogen-bond donors (Lipinski definition) is 2. The minimum absolute atomic E-state index is 0.0625. The first-order valence-corrected chi connectivity index (χ1v) is 17.8. The van der Waals surface area contributed by atoms with Gasteiger partial charge in [0.1, 0.15) is 29.9 Å². The first kappa shape index (κ1) is 37.2. The quantitative estimate of drug-likeness (QED) is 0.121. The van der Waals surface area contributed by atoms with Gasteiger partial charge in [-0.25, -0.2) is 9.97 Å². The zero-order chi connectivity index (χ0) is 36.4. The summed E-state index contributed by atoms with van der Waals surface area (Å²) in [5.41, 5.74) is 6.87. The molecule has 1 aliphatic carbocycles. The molecule has 3 heterocycles. The fourth-order valence-electron chi connectivity index (χ4n) is 6.39. The van der Waals surface area contributed by atoms with Crippen LogP contribution in [0.4, 0.5) is 5.13 Å². The highest BCUT2D eigenvalue weighted by atomic mass is 32.1. The van der Waals surface area contributed by atoms with Crippen LogP contribution in [0, 0.1) is 16.7 Å². The van der Waals surface area contributed by atoms with E-state index in [4.69, 9.17) is 34.6 Å². The van der Waals surface area contributed by atoms with Gasteiger partial charge in [0.15, 0.2) is 10.9 Å². The molecule has 50 heavy (non-hydrogen) atoms. The van der Waals surface area contributed by atoms with Gasteiger partial charge in [0.05, 0.1) is 49.0 Å². The molecule has 3 aromatic rings. The van der Waals surface area contributed by atoms with E-state index >= 15 is 0 Å². The van der Waals surface area contributed by atoms with Crippen LogP contribution in [0.1, 0.15) is 53.9 Å². The summed E-state index contributed by atoms with van der Waals surface area (Å²) < 4.78 is 22.8. The number of carbonyl (C=O) groups is 3. The average molecular weight is 708 g/mol. The lowest BCUT2D eigenvalue weighted by Gasteiger charge is -2.32. The highest BCUT2D eigenvalue weighted by Crippen LogP contribution is 2.57. The number of likely N-dealkylation sites (tertiary alicyclic amines) is 1. The number of esters is 1. The summed E-state index contributed by atoms with van der Waals surface area (Å²) in [4.78, 5) is 52.0. The maximum absolute atomic E-state index is 14.1. The number of hydrogen-bond acceptors (Lipinski definition) is 12. The number of ether oxygens (including phenoxy) is 4. The number of methoxy groups -OCH3 is 2. The molecular weight excluding hydrogens is 659 g/mol. The number of benzene rings is 1. The van der Waals surface area contributed by atoms with E-state index in [0.29, 0.717) is 48.0 Å².